The van der Waals surface area contributed by atoms with Crippen LogP contribution in [-0.4, -0.2) is 24.0 Å². The van der Waals surface area contributed by atoms with Crippen molar-refractivity contribution in [2.24, 2.45) is 10.2 Å². The molecule has 2 aromatic carbocycles. The molecule has 0 heterocycles. The third kappa shape index (κ3) is 7.71. The van der Waals surface area contributed by atoms with Gasteiger partial charge in [-0.05, 0) is 49.9 Å². The molecule has 0 bridgehead atoms. The first-order chi connectivity index (χ1) is 15.8. The fourth-order valence-electron chi connectivity index (χ4n) is 3.01. The first-order valence-corrected chi connectivity index (χ1v) is 10.4. The van der Waals surface area contributed by atoms with E-state index in [9.17, 15) is 25.4 Å². The summed E-state index contributed by atoms with van der Waals surface area (Å²) in [5.41, 5.74) is 1.79. The van der Waals surface area contributed by atoms with Gasteiger partial charge in [-0.1, -0.05) is 6.42 Å². The van der Waals surface area contributed by atoms with Gasteiger partial charge in [0.05, 0.1) is 28.3 Å². The van der Waals surface area contributed by atoms with Crippen LogP contribution in [0.25, 0.3) is 0 Å². The summed E-state index contributed by atoms with van der Waals surface area (Å²) in [6, 6.07) is 11.4. The van der Waals surface area contributed by atoms with Gasteiger partial charge in [-0.15, -0.1) is 5.11 Å². The van der Waals surface area contributed by atoms with Crippen LogP contribution >= 0.6 is 0 Å². The smallest absolute Gasteiger partial charge is 0.302 e. The summed E-state index contributed by atoms with van der Waals surface area (Å²) in [7, 11) is 0. The largest absolute Gasteiger partial charge is 0.466 e. The highest BCUT2D eigenvalue weighted by Gasteiger charge is 2.16. The molecule has 2 aromatic rings. The number of nitriles is 2. The number of azo groups is 1. The summed E-state index contributed by atoms with van der Waals surface area (Å²) in [4.78, 5) is 21.0. The molecular weight excluding hydrogens is 424 g/mol. The predicted octanol–water partition coefficient (Wildman–Crippen LogP) is 5.60. The van der Waals surface area contributed by atoms with Crippen molar-refractivity contribution in [3.05, 3.63) is 57.1 Å². The van der Waals surface area contributed by atoms with E-state index >= 15 is 0 Å². The molecule has 33 heavy (non-hydrogen) atoms. The lowest BCUT2D eigenvalue weighted by atomic mass is 10.1. The number of benzene rings is 2. The third-order valence-corrected chi connectivity index (χ3v) is 4.71. The molecule has 0 radical (unpaired) electrons. The van der Waals surface area contributed by atoms with Crippen molar-refractivity contribution < 1.29 is 14.5 Å². The Hall–Kier alpha value is -4.31. The molecule has 1 N–H and O–H groups in total. The normalized spacial score (nSPS) is 10.4. The third-order valence-electron chi connectivity index (χ3n) is 4.71. The van der Waals surface area contributed by atoms with E-state index in [1.54, 1.807) is 6.07 Å². The van der Waals surface area contributed by atoms with Gasteiger partial charge in [0.2, 0.25) is 0 Å². The number of hydrogen-bond acceptors (Lipinski definition) is 9. The number of rotatable bonds is 11. The molecular formula is C23H24N6O4. The summed E-state index contributed by atoms with van der Waals surface area (Å²) in [5, 5.41) is 41.1. The molecule has 0 unspecified atom stereocenters. The second-order valence-electron chi connectivity index (χ2n) is 7.25. The summed E-state index contributed by atoms with van der Waals surface area (Å²) in [6.45, 7) is 4.53. The molecule has 0 saturated carbocycles. The Kier molecular flexibility index (Phi) is 9.47. The minimum absolute atomic E-state index is 0.000837. The zero-order chi connectivity index (χ0) is 24.2. The van der Waals surface area contributed by atoms with Crippen LogP contribution in [0.2, 0.25) is 0 Å². The van der Waals surface area contributed by atoms with Gasteiger partial charge in [-0.3, -0.25) is 14.9 Å². The van der Waals surface area contributed by atoms with E-state index in [0.717, 1.165) is 55.6 Å². The number of nitro groups is 1. The number of nitrogens with zero attached hydrogens (tertiary/aromatic N) is 5. The number of nitrogens with one attached hydrogen (secondary N) is 1. The highest BCUT2D eigenvalue weighted by molar-refractivity contribution is 5.67. The van der Waals surface area contributed by atoms with Gasteiger partial charge in [0.1, 0.15) is 17.8 Å². The minimum Gasteiger partial charge on any atom is -0.466 e. The number of hydrogen-bond donors (Lipinski definition) is 1. The Bertz CT molecular complexity index is 1100. The van der Waals surface area contributed by atoms with Crippen LogP contribution in [0.15, 0.2) is 40.6 Å². The highest BCUT2D eigenvalue weighted by atomic mass is 16.6. The summed E-state index contributed by atoms with van der Waals surface area (Å²) in [5.74, 6) is -0.251. The number of ether oxygens (including phenoxy) is 1. The van der Waals surface area contributed by atoms with E-state index < -0.39 is 4.92 Å². The first-order valence-electron chi connectivity index (χ1n) is 10.4. The van der Waals surface area contributed by atoms with Crippen molar-refractivity contribution >= 4 is 28.7 Å². The predicted molar refractivity (Wildman–Crippen MR) is 121 cm³/mol. The van der Waals surface area contributed by atoms with Crippen molar-refractivity contribution in [1.82, 2.24) is 0 Å². The van der Waals surface area contributed by atoms with Gasteiger partial charge in [0, 0.05) is 31.3 Å². The minimum atomic E-state index is -0.665. The molecule has 0 aliphatic heterocycles. The van der Waals surface area contributed by atoms with Gasteiger partial charge in [0.15, 0.2) is 0 Å². The lowest BCUT2D eigenvalue weighted by Gasteiger charge is -2.08. The van der Waals surface area contributed by atoms with Crippen LogP contribution in [0, 0.1) is 39.7 Å². The average Bonchev–Trinajstić information content (AvgIpc) is 2.79. The number of esters is 1. The number of carbonyl (C=O) groups is 1. The molecule has 170 valence electrons. The Labute approximate surface area is 191 Å². The number of aryl methyl sites for hydroxylation is 1. The van der Waals surface area contributed by atoms with Gasteiger partial charge < -0.3 is 10.1 Å². The van der Waals surface area contributed by atoms with E-state index in [-0.39, 0.29) is 28.5 Å². The Balaban J connectivity index is 1.98. The van der Waals surface area contributed by atoms with Crippen LogP contribution in [0.4, 0.5) is 22.7 Å². The zero-order valence-electron chi connectivity index (χ0n) is 18.5. The summed E-state index contributed by atoms with van der Waals surface area (Å²) < 4.78 is 4.90. The monoisotopic (exact) mass is 448 g/mol. The number of carbonyl (C=O) groups excluding carboxylic acids is 1. The maximum atomic E-state index is 11.0. The van der Waals surface area contributed by atoms with E-state index in [1.807, 2.05) is 31.2 Å². The van der Waals surface area contributed by atoms with Crippen molar-refractivity contribution in [3.63, 3.8) is 0 Å². The van der Waals surface area contributed by atoms with Gasteiger partial charge in [-0.2, -0.15) is 15.6 Å². The maximum absolute atomic E-state index is 11.0. The molecule has 10 nitrogen and oxygen atoms in total. The lowest BCUT2D eigenvalue weighted by Crippen LogP contribution is -2.03. The van der Waals surface area contributed by atoms with Crippen LogP contribution in [-0.2, 0) is 9.53 Å². The highest BCUT2D eigenvalue weighted by Crippen LogP contribution is 2.31. The molecule has 0 aliphatic rings. The zero-order valence-corrected chi connectivity index (χ0v) is 18.5. The van der Waals surface area contributed by atoms with E-state index in [0.29, 0.717) is 12.3 Å². The van der Waals surface area contributed by atoms with E-state index in [4.69, 9.17) is 4.74 Å². The molecule has 0 fully saturated rings. The number of nitro benzene ring substituents is 1. The maximum Gasteiger partial charge on any atom is 0.302 e. The fraction of sp³-hybridized carbons (Fsp3) is 0.348. The van der Waals surface area contributed by atoms with Crippen LogP contribution < -0.4 is 5.32 Å². The lowest BCUT2D eigenvalue weighted by molar-refractivity contribution is -0.384. The molecule has 2 rings (SSSR count). The van der Waals surface area contributed by atoms with Crippen molar-refractivity contribution in [2.75, 3.05) is 18.5 Å². The second kappa shape index (κ2) is 12.5. The first kappa shape index (κ1) is 25.0. The quantitative estimate of drug-likeness (QED) is 0.154. The molecule has 0 saturated heterocycles. The van der Waals surface area contributed by atoms with Gasteiger partial charge in [-0.25, -0.2) is 0 Å². The van der Waals surface area contributed by atoms with Crippen molar-refractivity contribution in [2.45, 2.75) is 39.5 Å². The molecule has 0 aromatic heterocycles. The number of unbranched alkanes of at least 4 members (excludes halogenated alkanes) is 3. The SMILES string of the molecule is CC(=O)OCCCCCCNc1ccc(N=Nc2c(C#N)cc([N+](=O)[O-])cc2C#N)c(C)c1. The number of anilines is 1. The molecule has 0 amide bonds. The topological polar surface area (TPSA) is 154 Å². The Morgan fingerprint density at radius 2 is 1.76 bits per heavy atom. The van der Waals surface area contributed by atoms with Crippen LogP contribution in [0.5, 0.6) is 0 Å². The standard InChI is InChI=1S/C23H24N6O4/c1-16-11-20(26-9-5-3-4-6-10-33-17(2)30)7-8-22(16)27-28-23-18(14-24)12-21(29(31)32)13-19(23)15-25/h7-8,11-13,26H,3-6,9-10H2,1-2H3. The summed E-state index contributed by atoms with van der Waals surface area (Å²) in [6.07, 6.45) is 3.85. The van der Waals surface area contributed by atoms with Crippen LogP contribution in [0.3, 0.4) is 0 Å². The van der Waals surface area contributed by atoms with E-state index in [1.165, 1.54) is 6.92 Å². The average molecular weight is 448 g/mol. The Morgan fingerprint density at radius 1 is 1.09 bits per heavy atom. The van der Waals surface area contributed by atoms with Gasteiger partial charge >= 0.3 is 5.97 Å². The number of non-ortho nitro benzene ring substituents is 1. The fourth-order valence-corrected chi connectivity index (χ4v) is 3.01. The van der Waals surface area contributed by atoms with Crippen molar-refractivity contribution in [1.29, 1.82) is 10.5 Å². The molecule has 10 heteroatoms. The summed E-state index contributed by atoms with van der Waals surface area (Å²) >= 11 is 0. The van der Waals surface area contributed by atoms with E-state index in [2.05, 4.69) is 15.5 Å². The molecule has 0 atom stereocenters. The molecule has 0 aliphatic carbocycles. The molecule has 0 spiro atoms. The second-order valence-corrected chi connectivity index (χ2v) is 7.25. The van der Waals surface area contributed by atoms with Crippen molar-refractivity contribution in [3.8, 4) is 12.1 Å². The van der Waals surface area contributed by atoms with Crippen LogP contribution in [0.1, 0.15) is 49.3 Å². The van der Waals surface area contributed by atoms with Gasteiger partial charge in [0.25, 0.3) is 5.69 Å². The Morgan fingerprint density at radius 3 is 2.33 bits per heavy atom.